The van der Waals surface area contributed by atoms with E-state index in [0.717, 1.165) is 12.8 Å². The Morgan fingerprint density at radius 3 is 1.47 bits per heavy atom. The predicted molar refractivity (Wildman–Crippen MR) is 174 cm³/mol. The molecule has 0 rings (SSSR count). The monoisotopic (exact) mass is 643 g/mol. The fourth-order valence-corrected chi connectivity index (χ4v) is 3.85. The highest BCUT2D eigenvalue weighted by Crippen LogP contribution is 2.17. The van der Waals surface area contributed by atoms with Gasteiger partial charge in [0.15, 0.2) is 0 Å². The first-order valence-electron chi connectivity index (χ1n) is 15.8. The standard InChI is InChI=1S/C32H61N5O8/c1-22(2)16-17-32(12,13)36-25(39)23(35-28(42)45-31(9,10)11)14-15-24(38)37(20-18-33-26(40)43-29(3,4)5)21-19-34-27(41)44-30(6,7)8/h22-23H,14-21H2,1-13H3,(H,33,40)(H,34,41)(H,35,42)(H,36,39)/t23-/m0/s1. The molecule has 0 aliphatic heterocycles. The number of carbonyl (C=O) groups excluding carboxylic acids is 5. The molecule has 0 fully saturated rings. The van der Waals surface area contributed by atoms with Crippen molar-refractivity contribution in [2.24, 2.45) is 5.92 Å². The van der Waals surface area contributed by atoms with E-state index >= 15 is 0 Å². The van der Waals surface area contributed by atoms with Gasteiger partial charge >= 0.3 is 18.3 Å². The molecule has 4 N–H and O–H groups in total. The number of hydrogen-bond acceptors (Lipinski definition) is 8. The normalized spacial score (nSPS) is 12.9. The van der Waals surface area contributed by atoms with E-state index in [1.165, 1.54) is 4.90 Å². The van der Waals surface area contributed by atoms with Crippen molar-refractivity contribution < 1.29 is 38.2 Å². The third-order valence-corrected chi connectivity index (χ3v) is 5.92. The molecule has 0 aromatic carbocycles. The van der Waals surface area contributed by atoms with Gasteiger partial charge < -0.3 is 40.4 Å². The molecule has 0 saturated heterocycles. The summed E-state index contributed by atoms with van der Waals surface area (Å²) in [4.78, 5) is 65.1. The van der Waals surface area contributed by atoms with Gasteiger partial charge in [0.2, 0.25) is 11.8 Å². The Bertz CT molecular complexity index is 944. The summed E-state index contributed by atoms with van der Waals surface area (Å²) in [5.74, 6) is -0.308. The third-order valence-electron chi connectivity index (χ3n) is 5.92. The number of ether oxygens (including phenoxy) is 3. The van der Waals surface area contributed by atoms with Crippen LogP contribution in [0, 0.1) is 5.92 Å². The van der Waals surface area contributed by atoms with E-state index in [9.17, 15) is 24.0 Å². The van der Waals surface area contributed by atoms with E-state index in [1.54, 1.807) is 62.3 Å². The van der Waals surface area contributed by atoms with Crippen molar-refractivity contribution in [1.82, 2.24) is 26.2 Å². The van der Waals surface area contributed by atoms with Gasteiger partial charge in [-0.2, -0.15) is 0 Å². The lowest BCUT2D eigenvalue weighted by Crippen LogP contribution is -2.54. The molecule has 13 nitrogen and oxygen atoms in total. The number of hydrogen-bond donors (Lipinski definition) is 4. The minimum absolute atomic E-state index is 0.000338. The van der Waals surface area contributed by atoms with Crippen LogP contribution in [0.25, 0.3) is 0 Å². The van der Waals surface area contributed by atoms with Crippen molar-refractivity contribution in [3.8, 4) is 0 Å². The highest BCUT2D eigenvalue weighted by molar-refractivity contribution is 5.87. The average Bonchev–Trinajstić information content (AvgIpc) is 2.80. The maximum atomic E-state index is 13.4. The fourth-order valence-electron chi connectivity index (χ4n) is 3.85. The summed E-state index contributed by atoms with van der Waals surface area (Å²) >= 11 is 0. The molecule has 45 heavy (non-hydrogen) atoms. The van der Waals surface area contributed by atoms with Gasteiger partial charge in [-0.15, -0.1) is 0 Å². The lowest BCUT2D eigenvalue weighted by Gasteiger charge is -2.30. The molecule has 0 heterocycles. The van der Waals surface area contributed by atoms with E-state index in [4.69, 9.17) is 14.2 Å². The summed E-state index contributed by atoms with van der Waals surface area (Å²) in [7, 11) is 0. The summed E-state index contributed by atoms with van der Waals surface area (Å²) in [5, 5.41) is 10.9. The van der Waals surface area contributed by atoms with Crippen LogP contribution >= 0.6 is 0 Å². The summed E-state index contributed by atoms with van der Waals surface area (Å²) in [5.41, 5.74) is -2.68. The molecule has 1 atom stereocenters. The molecule has 0 aliphatic carbocycles. The summed E-state index contributed by atoms with van der Waals surface area (Å²) in [6.45, 7) is 24.1. The largest absolute Gasteiger partial charge is 0.444 e. The van der Waals surface area contributed by atoms with Gasteiger partial charge in [0, 0.05) is 38.1 Å². The van der Waals surface area contributed by atoms with Crippen LogP contribution in [0.3, 0.4) is 0 Å². The Morgan fingerprint density at radius 1 is 0.644 bits per heavy atom. The van der Waals surface area contributed by atoms with Crippen LogP contribution < -0.4 is 21.3 Å². The molecular weight excluding hydrogens is 582 g/mol. The van der Waals surface area contributed by atoms with Gasteiger partial charge in [-0.25, -0.2) is 14.4 Å². The summed E-state index contributed by atoms with van der Waals surface area (Å²) in [6, 6.07) is -1.04. The zero-order chi connectivity index (χ0) is 35.2. The Hall–Kier alpha value is -3.25. The Kier molecular flexibility index (Phi) is 16.7. The zero-order valence-corrected chi connectivity index (χ0v) is 30.0. The molecule has 5 amide bonds. The number of carbonyl (C=O) groups is 5. The van der Waals surface area contributed by atoms with Crippen molar-refractivity contribution in [3.05, 3.63) is 0 Å². The first-order chi connectivity index (χ1) is 20.3. The molecular formula is C32H61N5O8. The van der Waals surface area contributed by atoms with Crippen molar-refractivity contribution in [2.45, 2.75) is 144 Å². The Labute approximate surface area is 270 Å². The van der Waals surface area contributed by atoms with Crippen LogP contribution in [-0.2, 0) is 23.8 Å². The predicted octanol–water partition coefficient (Wildman–Crippen LogP) is 4.87. The fraction of sp³-hybridized carbons (Fsp3) is 0.844. The number of nitrogens with zero attached hydrogens (tertiary/aromatic N) is 1. The van der Waals surface area contributed by atoms with Crippen molar-refractivity contribution in [3.63, 3.8) is 0 Å². The average molecular weight is 644 g/mol. The number of alkyl carbamates (subject to hydrolysis) is 3. The van der Waals surface area contributed by atoms with Gasteiger partial charge in [-0.1, -0.05) is 13.8 Å². The van der Waals surface area contributed by atoms with Crippen LogP contribution in [-0.4, -0.2) is 89.6 Å². The highest BCUT2D eigenvalue weighted by Gasteiger charge is 2.30. The maximum Gasteiger partial charge on any atom is 0.408 e. The van der Waals surface area contributed by atoms with Crippen molar-refractivity contribution >= 4 is 30.1 Å². The maximum absolute atomic E-state index is 13.4. The second kappa shape index (κ2) is 18.0. The molecule has 0 unspecified atom stereocenters. The van der Waals surface area contributed by atoms with Crippen molar-refractivity contribution in [2.75, 3.05) is 26.2 Å². The molecule has 262 valence electrons. The van der Waals surface area contributed by atoms with Crippen LogP contribution in [0.2, 0.25) is 0 Å². The van der Waals surface area contributed by atoms with E-state index in [2.05, 4.69) is 35.1 Å². The Morgan fingerprint density at radius 2 is 1.07 bits per heavy atom. The van der Waals surface area contributed by atoms with Gasteiger partial charge in [0.25, 0.3) is 0 Å². The first-order valence-corrected chi connectivity index (χ1v) is 15.8. The van der Waals surface area contributed by atoms with Gasteiger partial charge in [-0.05, 0) is 101 Å². The smallest absolute Gasteiger partial charge is 0.408 e. The Balaban J connectivity index is 5.67. The molecule has 0 aromatic rings. The van der Waals surface area contributed by atoms with Gasteiger partial charge in [0.05, 0.1) is 0 Å². The number of nitrogens with one attached hydrogen (secondary N) is 4. The minimum atomic E-state index is -1.04. The van der Waals surface area contributed by atoms with E-state index in [0.29, 0.717) is 5.92 Å². The molecule has 13 heteroatoms. The summed E-state index contributed by atoms with van der Waals surface area (Å²) < 4.78 is 15.9. The SMILES string of the molecule is CC(C)CCC(C)(C)NC(=O)[C@H](CCC(=O)N(CCNC(=O)OC(C)(C)C)CCNC(=O)OC(C)(C)C)NC(=O)OC(C)(C)C. The minimum Gasteiger partial charge on any atom is -0.444 e. The molecule has 0 radical (unpaired) electrons. The third kappa shape index (κ3) is 22.8. The molecule has 0 aliphatic rings. The lowest BCUT2D eigenvalue weighted by atomic mass is 9.93. The van der Waals surface area contributed by atoms with E-state index in [-0.39, 0.29) is 44.9 Å². The van der Waals surface area contributed by atoms with Crippen molar-refractivity contribution in [1.29, 1.82) is 0 Å². The van der Waals surface area contributed by atoms with E-state index in [1.807, 2.05) is 13.8 Å². The van der Waals surface area contributed by atoms with Crippen LogP contribution in [0.4, 0.5) is 14.4 Å². The van der Waals surface area contributed by atoms with Crippen LogP contribution in [0.1, 0.15) is 116 Å². The zero-order valence-electron chi connectivity index (χ0n) is 30.0. The van der Waals surface area contributed by atoms with Gasteiger partial charge in [-0.3, -0.25) is 9.59 Å². The van der Waals surface area contributed by atoms with Gasteiger partial charge in [0.1, 0.15) is 22.8 Å². The molecule has 0 aromatic heterocycles. The summed E-state index contributed by atoms with van der Waals surface area (Å²) in [6.07, 6.45) is -0.481. The number of rotatable bonds is 15. The molecule has 0 bridgehead atoms. The van der Waals surface area contributed by atoms with Crippen LogP contribution in [0.15, 0.2) is 0 Å². The quantitative estimate of drug-likeness (QED) is 0.184. The topological polar surface area (TPSA) is 164 Å². The molecule has 0 saturated carbocycles. The van der Waals surface area contributed by atoms with Crippen LogP contribution in [0.5, 0.6) is 0 Å². The first kappa shape index (κ1) is 41.8. The second-order valence-corrected chi connectivity index (χ2v) is 15.3. The highest BCUT2D eigenvalue weighted by atomic mass is 16.6. The second-order valence-electron chi connectivity index (χ2n) is 15.3. The molecule has 0 spiro atoms. The van der Waals surface area contributed by atoms with E-state index < -0.39 is 52.6 Å². The number of amides is 5. The lowest BCUT2D eigenvalue weighted by molar-refractivity contribution is -0.131.